The van der Waals surface area contributed by atoms with E-state index in [4.69, 9.17) is 9.47 Å². The molecule has 2 rings (SSSR count). The maximum absolute atomic E-state index is 11.8. The van der Waals surface area contributed by atoms with Crippen LogP contribution in [-0.4, -0.2) is 63.8 Å². The number of nitrogens with one attached hydrogen (secondary N) is 2. The summed E-state index contributed by atoms with van der Waals surface area (Å²) in [5.74, 6) is 1.44. The summed E-state index contributed by atoms with van der Waals surface area (Å²) < 4.78 is 10.7. The fourth-order valence-corrected chi connectivity index (χ4v) is 3.06. The minimum atomic E-state index is -0.0284. The van der Waals surface area contributed by atoms with Gasteiger partial charge in [0.1, 0.15) is 0 Å². The molecule has 1 aromatic rings. The fraction of sp³-hybridized carbons (Fsp3) is 0.619. The minimum absolute atomic E-state index is 0. The molecule has 29 heavy (non-hydrogen) atoms. The van der Waals surface area contributed by atoms with E-state index < -0.39 is 0 Å². The molecule has 7 nitrogen and oxygen atoms in total. The zero-order valence-corrected chi connectivity index (χ0v) is 20.3. The van der Waals surface area contributed by atoms with Crippen molar-refractivity contribution < 1.29 is 14.3 Å². The Hall–Kier alpha value is -1.39. The van der Waals surface area contributed by atoms with E-state index in [0.29, 0.717) is 25.7 Å². The first-order chi connectivity index (χ1) is 13.5. The van der Waals surface area contributed by atoms with Crippen LogP contribution < -0.4 is 10.6 Å². The van der Waals surface area contributed by atoms with Crippen LogP contribution in [0.2, 0.25) is 0 Å². The molecular weight excluding hydrogens is 483 g/mol. The van der Waals surface area contributed by atoms with Gasteiger partial charge in [-0.15, -0.1) is 24.0 Å². The van der Waals surface area contributed by atoms with Gasteiger partial charge in [0, 0.05) is 51.3 Å². The summed E-state index contributed by atoms with van der Waals surface area (Å²) in [5.41, 5.74) is 1.96. The van der Waals surface area contributed by atoms with E-state index in [0.717, 1.165) is 43.3 Å². The van der Waals surface area contributed by atoms with Crippen LogP contribution in [0.3, 0.4) is 0 Å². The first-order valence-corrected chi connectivity index (χ1v) is 9.95. The lowest BCUT2D eigenvalue weighted by Gasteiger charge is -2.22. The lowest BCUT2D eigenvalue weighted by Crippen LogP contribution is -2.39. The van der Waals surface area contributed by atoms with E-state index >= 15 is 0 Å². The summed E-state index contributed by atoms with van der Waals surface area (Å²) in [6, 6.07) is 7.91. The van der Waals surface area contributed by atoms with Crippen LogP contribution in [0.4, 0.5) is 5.69 Å². The van der Waals surface area contributed by atoms with E-state index in [1.54, 1.807) is 7.11 Å². The Morgan fingerprint density at radius 1 is 1.28 bits per heavy atom. The number of likely N-dealkylation sites (tertiary alicyclic amines) is 1. The Balaban J connectivity index is 0.00000420. The zero-order chi connectivity index (χ0) is 20.4. The summed E-state index contributed by atoms with van der Waals surface area (Å²) >= 11 is 0. The quantitative estimate of drug-likeness (QED) is 0.228. The average molecular weight is 518 g/mol. The summed E-state index contributed by atoms with van der Waals surface area (Å²) in [6.45, 7) is 8.44. The lowest BCUT2D eigenvalue weighted by atomic mass is 10.1. The molecule has 0 saturated carbocycles. The molecule has 0 bridgehead atoms. The van der Waals surface area contributed by atoms with Crippen LogP contribution in [0, 0.1) is 11.8 Å². The highest BCUT2D eigenvalue weighted by Gasteiger charge is 2.24. The monoisotopic (exact) mass is 518 g/mol. The van der Waals surface area contributed by atoms with Gasteiger partial charge in [-0.1, -0.05) is 26.0 Å². The normalized spacial score (nSPS) is 16.7. The number of anilines is 1. The number of hydrogen-bond acceptors (Lipinski definition) is 4. The van der Waals surface area contributed by atoms with Crippen molar-refractivity contribution in [2.24, 2.45) is 16.8 Å². The molecule has 1 atom stereocenters. The molecule has 1 aliphatic heterocycles. The van der Waals surface area contributed by atoms with Crippen LogP contribution >= 0.6 is 24.0 Å². The second-order valence-corrected chi connectivity index (χ2v) is 7.41. The molecule has 1 aliphatic rings. The van der Waals surface area contributed by atoms with Crippen LogP contribution in [0.5, 0.6) is 0 Å². The Morgan fingerprint density at radius 2 is 2.00 bits per heavy atom. The van der Waals surface area contributed by atoms with E-state index in [1.165, 1.54) is 0 Å². The summed E-state index contributed by atoms with van der Waals surface area (Å²) in [4.78, 5) is 18.5. The number of benzene rings is 1. The second-order valence-electron chi connectivity index (χ2n) is 7.41. The van der Waals surface area contributed by atoms with Gasteiger partial charge in [-0.3, -0.25) is 9.79 Å². The maximum Gasteiger partial charge on any atom is 0.226 e. The van der Waals surface area contributed by atoms with Crippen molar-refractivity contribution in [3.8, 4) is 0 Å². The third-order valence-electron chi connectivity index (χ3n) is 4.78. The highest BCUT2D eigenvalue weighted by Crippen LogP contribution is 2.17. The number of guanidine groups is 1. The van der Waals surface area contributed by atoms with E-state index in [1.807, 2.05) is 45.2 Å². The molecule has 1 fully saturated rings. The molecule has 2 N–H and O–H groups in total. The van der Waals surface area contributed by atoms with E-state index in [-0.39, 0.29) is 35.8 Å². The molecule has 1 aromatic carbocycles. The van der Waals surface area contributed by atoms with Crippen molar-refractivity contribution in [3.63, 3.8) is 0 Å². The highest BCUT2D eigenvalue weighted by molar-refractivity contribution is 14.0. The second kappa shape index (κ2) is 13.8. The summed E-state index contributed by atoms with van der Waals surface area (Å²) in [7, 11) is 3.50. The first-order valence-electron chi connectivity index (χ1n) is 9.95. The maximum atomic E-state index is 11.8. The average Bonchev–Trinajstić information content (AvgIpc) is 3.15. The van der Waals surface area contributed by atoms with Crippen molar-refractivity contribution >= 4 is 41.5 Å². The highest BCUT2D eigenvalue weighted by atomic mass is 127. The first kappa shape index (κ1) is 25.6. The number of amides is 1. The Morgan fingerprint density at radius 3 is 2.62 bits per heavy atom. The molecule has 1 saturated heterocycles. The number of aliphatic imine (C=N–C) groups is 1. The third-order valence-corrected chi connectivity index (χ3v) is 4.78. The Bertz CT molecular complexity index is 637. The van der Waals surface area contributed by atoms with Gasteiger partial charge in [-0.2, -0.15) is 0 Å². The molecule has 0 aliphatic carbocycles. The number of ether oxygens (including phenoxy) is 2. The van der Waals surface area contributed by atoms with Crippen molar-refractivity contribution in [2.75, 3.05) is 52.4 Å². The molecule has 1 heterocycles. The number of rotatable bonds is 9. The van der Waals surface area contributed by atoms with Crippen LogP contribution in [0.1, 0.15) is 25.8 Å². The van der Waals surface area contributed by atoms with Gasteiger partial charge >= 0.3 is 0 Å². The number of carbonyl (C=O) groups is 1. The Labute approximate surface area is 191 Å². The number of methoxy groups -OCH3 is 1. The fourth-order valence-electron chi connectivity index (χ4n) is 3.06. The van der Waals surface area contributed by atoms with Gasteiger partial charge in [-0.05, 0) is 24.1 Å². The van der Waals surface area contributed by atoms with Crippen molar-refractivity contribution in [2.45, 2.75) is 26.8 Å². The largest absolute Gasteiger partial charge is 0.382 e. The van der Waals surface area contributed by atoms with E-state index in [2.05, 4.69) is 20.5 Å². The van der Waals surface area contributed by atoms with Gasteiger partial charge in [0.15, 0.2) is 5.96 Å². The number of nitrogens with zero attached hydrogens (tertiary/aromatic N) is 2. The number of hydrogen-bond donors (Lipinski definition) is 2. The third kappa shape index (κ3) is 8.88. The van der Waals surface area contributed by atoms with Gasteiger partial charge < -0.3 is 25.0 Å². The van der Waals surface area contributed by atoms with Crippen LogP contribution in [-0.2, 0) is 20.8 Å². The predicted molar refractivity (Wildman–Crippen MR) is 128 cm³/mol. The molecule has 0 aromatic heterocycles. The molecule has 0 radical (unpaired) electrons. The Kier molecular flexibility index (Phi) is 12.2. The van der Waals surface area contributed by atoms with Crippen molar-refractivity contribution in [3.05, 3.63) is 29.8 Å². The predicted octanol–water partition coefficient (Wildman–Crippen LogP) is 2.96. The molecule has 8 heteroatoms. The number of halogens is 1. The topological polar surface area (TPSA) is 75.2 Å². The van der Waals surface area contributed by atoms with Gasteiger partial charge in [0.2, 0.25) is 5.91 Å². The SMILES string of the molecule is CN=C(NCc1ccc(NC(=O)C(C)C)cc1)N1CCC(COCCOC)C1.I. The van der Waals surface area contributed by atoms with Gasteiger partial charge in [-0.25, -0.2) is 0 Å². The van der Waals surface area contributed by atoms with Crippen molar-refractivity contribution in [1.82, 2.24) is 10.2 Å². The minimum Gasteiger partial charge on any atom is -0.382 e. The standard InChI is InChI=1S/C21H34N4O3.HI/c1-16(2)20(26)24-19-7-5-17(6-8-19)13-23-21(22-3)25-10-9-18(14-25)15-28-12-11-27-4;/h5-8,16,18H,9-15H2,1-4H3,(H,22,23)(H,24,26);1H. The van der Waals surface area contributed by atoms with Gasteiger partial charge in [0.25, 0.3) is 0 Å². The molecule has 1 amide bonds. The van der Waals surface area contributed by atoms with Crippen molar-refractivity contribution in [1.29, 1.82) is 0 Å². The van der Waals surface area contributed by atoms with Gasteiger partial charge in [0.05, 0.1) is 19.8 Å². The summed E-state index contributed by atoms with van der Waals surface area (Å²) in [6.07, 6.45) is 1.11. The number of carbonyl (C=O) groups excluding carboxylic acids is 1. The van der Waals surface area contributed by atoms with E-state index in [9.17, 15) is 4.79 Å². The smallest absolute Gasteiger partial charge is 0.226 e. The lowest BCUT2D eigenvalue weighted by molar-refractivity contribution is -0.118. The molecule has 0 spiro atoms. The molecule has 1 unspecified atom stereocenters. The van der Waals surface area contributed by atoms with Crippen LogP contribution in [0.25, 0.3) is 0 Å². The molecular formula is C21H35IN4O3. The molecule has 164 valence electrons. The summed E-state index contributed by atoms with van der Waals surface area (Å²) in [5, 5.41) is 6.34. The van der Waals surface area contributed by atoms with Crippen LogP contribution in [0.15, 0.2) is 29.3 Å². The zero-order valence-electron chi connectivity index (χ0n) is 17.9.